The molecule has 0 spiro atoms. The number of nitrogens with one attached hydrogen (secondary N) is 2. The van der Waals surface area contributed by atoms with E-state index >= 15 is 0 Å². The summed E-state index contributed by atoms with van der Waals surface area (Å²) in [4.78, 5) is 13.4. The topological polar surface area (TPSA) is 59.6 Å². The zero-order valence-electron chi connectivity index (χ0n) is 17.6. The largest absolute Gasteiger partial charge is 0.454 e. The third-order valence-corrected chi connectivity index (χ3v) is 6.57. The summed E-state index contributed by atoms with van der Waals surface area (Å²) in [6, 6.07) is 7.61. The summed E-state index contributed by atoms with van der Waals surface area (Å²) in [5, 5.41) is 7.75. The van der Waals surface area contributed by atoms with E-state index < -0.39 is 0 Å². The van der Waals surface area contributed by atoms with Gasteiger partial charge >= 0.3 is 0 Å². The van der Waals surface area contributed by atoms with Crippen LogP contribution in [0, 0.1) is 25.2 Å². The Bertz CT molecular complexity index is 1110. The molecule has 2 aromatic rings. The van der Waals surface area contributed by atoms with Crippen LogP contribution < -0.4 is 20.1 Å². The predicted molar refractivity (Wildman–Crippen MR) is 118 cm³/mol. The van der Waals surface area contributed by atoms with E-state index in [-0.39, 0.29) is 30.0 Å². The van der Waals surface area contributed by atoms with Gasteiger partial charge in [-0.3, -0.25) is 4.79 Å². The van der Waals surface area contributed by atoms with Crippen LogP contribution in [0.3, 0.4) is 0 Å². The Morgan fingerprint density at radius 3 is 2.43 bits per heavy atom. The molecule has 0 amide bonds. The van der Waals surface area contributed by atoms with Crippen molar-refractivity contribution in [1.29, 1.82) is 0 Å². The average Bonchev–Trinajstić information content (AvgIpc) is 3.03. The van der Waals surface area contributed by atoms with Gasteiger partial charge in [-0.2, -0.15) is 0 Å². The Balaban J connectivity index is 1.70. The number of carbonyl (C=O) groups excluding carboxylic acids is 1. The fourth-order valence-electron chi connectivity index (χ4n) is 4.65. The molecule has 5 rings (SSSR count). The third-order valence-electron chi connectivity index (χ3n) is 6.24. The maximum Gasteiger partial charge on any atom is 0.231 e. The van der Waals surface area contributed by atoms with Crippen LogP contribution in [0.15, 0.2) is 36.0 Å². The van der Waals surface area contributed by atoms with Gasteiger partial charge in [0, 0.05) is 23.2 Å². The zero-order valence-corrected chi connectivity index (χ0v) is 18.3. The number of rotatable bonds is 1. The number of halogens is 1. The number of hydrogen-bond donors (Lipinski definition) is 2. The highest BCUT2D eigenvalue weighted by molar-refractivity contribution is 6.31. The van der Waals surface area contributed by atoms with Crippen LogP contribution >= 0.6 is 11.6 Å². The lowest BCUT2D eigenvalue weighted by Crippen LogP contribution is -2.36. The molecule has 6 heteroatoms. The number of carbonyl (C=O) groups is 1. The second-order valence-corrected chi connectivity index (χ2v) is 9.57. The third kappa shape index (κ3) is 3.12. The van der Waals surface area contributed by atoms with Gasteiger partial charge in [-0.1, -0.05) is 31.5 Å². The van der Waals surface area contributed by atoms with E-state index in [2.05, 4.69) is 56.5 Å². The van der Waals surface area contributed by atoms with Crippen molar-refractivity contribution in [3.05, 3.63) is 57.8 Å². The van der Waals surface area contributed by atoms with Crippen molar-refractivity contribution in [3.63, 3.8) is 0 Å². The van der Waals surface area contributed by atoms with Crippen molar-refractivity contribution < 1.29 is 14.3 Å². The number of hydrogen-bond acceptors (Lipinski definition) is 5. The molecule has 0 bridgehead atoms. The maximum absolute atomic E-state index is 13.4. The normalized spacial score (nSPS) is 23.5. The van der Waals surface area contributed by atoms with Crippen LogP contribution in [0.1, 0.15) is 43.0 Å². The first-order chi connectivity index (χ1) is 14.2. The smallest absolute Gasteiger partial charge is 0.231 e. The van der Waals surface area contributed by atoms with E-state index in [4.69, 9.17) is 21.1 Å². The number of ether oxygens (including phenoxy) is 2. The zero-order chi connectivity index (χ0) is 21.2. The molecule has 3 aliphatic rings. The first kappa shape index (κ1) is 19.3. The summed E-state index contributed by atoms with van der Waals surface area (Å²) in [6.07, 6.45) is 2.68. The average molecular weight is 425 g/mol. The van der Waals surface area contributed by atoms with Gasteiger partial charge in [0.1, 0.15) is 5.78 Å². The number of ketones is 1. The van der Waals surface area contributed by atoms with E-state index in [1.807, 2.05) is 6.07 Å². The number of allylic oxidation sites excluding steroid dienone is 1. The fourth-order valence-corrected chi connectivity index (χ4v) is 4.92. The first-order valence-electron chi connectivity index (χ1n) is 10.2. The van der Waals surface area contributed by atoms with Gasteiger partial charge in [-0.05, 0) is 54.2 Å². The Labute approximate surface area is 181 Å². The molecule has 2 aromatic carbocycles. The molecule has 156 valence electrons. The summed E-state index contributed by atoms with van der Waals surface area (Å²) in [5.41, 5.74) is 5.85. The Morgan fingerprint density at radius 1 is 1.03 bits per heavy atom. The van der Waals surface area contributed by atoms with E-state index in [0.29, 0.717) is 22.9 Å². The standard InChI is InChI=1S/C24H25ClN2O3/c1-12-5-16-17(6-13(12)2)27-23(14-7-20-21(8-15(14)25)30-11-29-20)22-18(26-16)9-24(3,4)10-19(22)28/h5-9,22-23,26-27H,10-11H2,1-4H3. The van der Waals surface area contributed by atoms with E-state index in [9.17, 15) is 4.79 Å². The lowest BCUT2D eigenvalue weighted by molar-refractivity contribution is -0.124. The van der Waals surface area contributed by atoms with Crippen LogP contribution in [0.2, 0.25) is 5.02 Å². The van der Waals surface area contributed by atoms with E-state index in [0.717, 1.165) is 22.6 Å². The molecular formula is C24H25ClN2O3. The summed E-state index contributed by atoms with van der Waals surface area (Å²) in [6.45, 7) is 8.55. The summed E-state index contributed by atoms with van der Waals surface area (Å²) in [5.74, 6) is 1.11. The van der Waals surface area contributed by atoms with Gasteiger partial charge in [0.05, 0.1) is 23.3 Å². The molecular weight excluding hydrogens is 400 g/mol. The van der Waals surface area contributed by atoms with Crippen molar-refractivity contribution in [1.82, 2.24) is 0 Å². The van der Waals surface area contributed by atoms with Crippen LogP contribution in [0.5, 0.6) is 11.5 Å². The summed E-state index contributed by atoms with van der Waals surface area (Å²) >= 11 is 6.69. The quantitative estimate of drug-likeness (QED) is 0.609. The van der Waals surface area contributed by atoms with Crippen molar-refractivity contribution >= 4 is 28.8 Å². The second kappa shape index (κ2) is 6.67. The van der Waals surface area contributed by atoms with E-state index in [1.165, 1.54) is 11.1 Å². The molecule has 2 N–H and O–H groups in total. The molecule has 0 saturated heterocycles. The first-order valence-corrected chi connectivity index (χ1v) is 10.6. The Morgan fingerprint density at radius 2 is 1.70 bits per heavy atom. The van der Waals surface area contributed by atoms with Gasteiger partial charge < -0.3 is 20.1 Å². The highest BCUT2D eigenvalue weighted by Crippen LogP contribution is 2.49. The number of anilines is 2. The summed E-state index contributed by atoms with van der Waals surface area (Å²) < 4.78 is 11.1. The minimum Gasteiger partial charge on any atom is -0.454 e. The lowest BCUT2D eigenvalue weighted by atomic mass is 9.72. The van der Waals surface area contributed by atoms with E-state index in [1.54, 1.807) is 6.07 Å². The molecule has 2 unspecified atom stereocenters. The molecule has 0 radical (unpaired) electrons. The molecule has 2 atom stereocenters. The number of aryl methyl sites for hydroxylation is 2. The molecule has 0 fully saturated rings. The van der Waals surface area contributed by atoms with Crippen LogP contribution in [-0.2, 0) is 4.79 Å². The molecule has 5 nitrogen and oxygen atoms in total. The van der Waals surface area contributed by atoms with Crippen LogP contribution in [-0.4, -0.2) is 12.6 Å². The SMILES string of the molecule is Cc1cc2c(cc1C)NC(c1cc3c(cc1Cl)OCO3)C1C(=O)CC(C)(C)C=C1N2. The lowest BCUT2D eigenvalue weighted by Gasteiger charge is -2.35. The predicted octanol–water partition coefficient (Wildman–Crippen LogP) is 5.76. The maximum atomic E-state index is 13.4. The molecule has 2 aliphatic heterocycles. The molecule has 2 heterocycles. The van der Waals surface area contributed by atoms with Crippen LogP contribution in [0.4, 0.5) is 11.4 Å². The molecule has 1 aliphatic carbocycles. The van der Waals surface area contributed by atoms with Crippen molar-refractivity contribution in [2.75, 3.05) is 17.4 Å². The molecule has 0 aromatic heterocycles. The number of benzene rings is 2. The van der Waals surface area contributed by atoms with Gasteiger partial charge in [0.15, 0.2) is 11.5 Å². The number of fused-ring (bicyclic) bond motifs is 3. The van der Waals surface area contributed by atoms with Crippen LogP contribution in [0.25, 0.3) is 0 Å². The second-order valence-electron chi connectivity index (χ2n) is 9.17. The highest BCUT2D eigenvalue weighted by atomic mass is 35.5. The fraction of sp³-hybridized carbons (Fsp3) is 0.375. The summed E-state index contributed by atoms with van der Waals surface area (Å²) in [7, 11) is 0. The number of Topliss-reactive ketones (excluding diaryl/α,β-unsaturated/α-hetero) is 1. The highest BCUT2D eigenvalue weighted by Gasteiger charge is 2.42. The van der Waals surface area contributed by atoms with Gasteiger partial charge in [-0.15, -0.1) is 0 Å². The Hall–Kier alpha value is -2.66. The minimum atomic E-state index is -0.371. The van der Waals surface area contributed by atoms with Crippen molar-refractivity contribution in [2.24, 2.45) is 11.3 Å². The monoisotopic (exact) mass is 424 g/mol. The Kier molecular flexibility index (Phi) is 4.30. The van der Waals surface area contributed by atoms with Crippen molar-refractivity contribution in [3.8, 4) is 11.5 Å². The van der Waals surface area contributed by atoms with Gasteiger partial charge in [-0.25, -0.2) is 0 Å². The van der Waals surface area contributed by atoms with Gasteiger partial charge in [0.25, 0.3) is 0 Å². The minimum absolute atomic E-state index is 0.178. The van der Waals surface area contributed by atoms with Gasteiger partial charge in [0.2, 0.25) is 6.79 Å². The molecule has 30 heavy (non-hydrogen) atoms. The van der Waals surface area contributed by atoms with Crippen molar-refractivity contribution in [2.45, 2.75) is 40.2 Å². The molecule has 0 saturated carbocycles.